The number of hydrogen-bond acceptors (Lipinski definition) is 5. The molecule has 7 rings (SSSR count). The van der Waals surface area contributed by atoms with Crippen LogP contribution in [0.3, 0.4) is 0 Å². The number of fused-ring (bicyclic) bond motifs is 2. The highest BCUT2D eigenvalue weighted by Crippen LogP contribution is 2.67. The van der Waals surface area contributed by atoms with Crippen molar-refractivity contribution in [1.29, 1.82) is 0 Å². The average Bonchev–Trinajstić information content (AvgIpc) is 3.48. The van der Waals surface area contributed by atoms with Gasteiger partial charge in [0.25, 0.3) is 0 Å². The maximum absolute atomic E-state index is 14.6. The van der Waals surface area contributed by atoms with Gasteiger partial charge in [0.2, 0.25) is 17.2 Å². The summed E-state index contributed by atoms with van der Waals surface area (Å²) in [6.07, 6.45) is -1.16. The first-order valence-electron chi connectivity index (χ1n) is 12.7. The Morgan fingerprint density at radius 3 is 1.51 bits per heavy atom. The topological polar surface area (TPSA) is 77.5 Å². The van der Waals surface area contributed by atoms with Gasteiger partial charge in [-0.15, -0.1) is 0 Å². The zero-order valence-electron chi connectivity index (χ0n) is 20.8. The SMILES string of the molecule is Cc1ccc([C@H]2OC3(C(=O)c4ccccc4C3=O)[C@@H](c3ccc(I)cc3)C23C(=O)c2ccccc2C3=O)cc1. The molecule has 5 nitrogen and oxygen atoms in total. The van der Waals surface area contributed by atoms with Crippen molar-refractivity contribution in [1.82, 2.24) is 0 Å². The molecule has 0 radical (unpaired) electrons. The molecule has 0 saturated carbocycles. The lowest BCUT2D eigenvalue weighted by Gasteiger charge is -2.34. The minimum atomic E-state index is -2.07. The number of hydrogen-bond donors (Lipinski definition) is 0. The second-order valence-corrected chi connectivity index (χ2v) is 11.7. The van der Waals surface area contributed by atoms with E-state index in [0.29, 0.717) is 11.1 Å². The molecule has 1 saturated heterocycles. The summed E-state index contributed by atoms with van der Waals surface area (Å²) >= 11 is 2.17. The molecule has 1 heterocycles. The van der Waals surface area contributed by atoms with Crippen molar-refractivity contribution in [3.8, 4) is 0 Å². The fourth-order valence-electron chi connectivity index (χ4n) is 6.72. The van der Waals surface area contributed by atoms with Gasteiger partial charge in [-0.2, -0.15) is 0 Å². The number of carbonyl (C=O) groups is 4. The van der Waals surface area contributed by atoms with Crippen molar-refractivity contribution in [2.45, 2.75) is 24.5 Å². The summed E-state index contributed by atoms with van der Waals surface area (Å²) < 4.78 is 7.65. The number of benzene rings is 4. The lowest BCUT2D eigenvalue weighted by Crippen LogP contribution is -2.51. The van der Waals surface area contributed by atoms with Crippen LogP contribution in [0.2, 0.25) is 0 Å². The van der Waals surface area contributed by atoms with E-state index in [9.17, 15) is 19.2 Å². The Labute approximate surface area is 238 Å². The van der Waals surface area contributed by atoms with Crippen LogP contribution in [0.15, 0.2) is 97.1 Å². The Hall–Kier alpha value is -3.75. The molecule has 1 aliphatic heterocycles. The Morgan fingerprint density at radius 2 is 1.03 bits per heavy atom. The summed E-state index contributed by atoms with van der Waals surface area (Å²) in [6, 6.07) is 28.0. The highest BCUT2D eigenvalue weighted by molar-refractivity contribution is 14.1. The fourth-order valence-corrected chi connectivity index (χ4v) is 7.08. The van der Waals surface area contributed by atoms with E-state index in [-0.39, 0.29) is 22.3 Å². The first-order chi connectivity index (χ1) is 18.8. The standard InChI is InChI=1S/C33H21IO5/c1-18-10-12-20(13-11-18)31-32(27(35)22-6-2-3-7-23(22)28(32)36)26(19-14-16-21(34)17-15-19)33(39-31)29(37)24-8-4-5-9-25(24)30(33)38/h2-17,26,31H,1H3/t26-,31+/m0/s1. The van der Waals surface area contributed by atoms with Gasteiger partial charge < -0.3 is 4.74 Å². The molecule has 39 heavy (non-hydrogen) atoms. The van der Waals surface area contributed by atoms with E-state index in [2.05, 4.69) is 22.6 Å². The van der Waals surface area contributed by atoms with Crippen LogP contribution in [0.1, 0.15) is 70.1 Å². The number of rotatable bonds is 2. The van der Waals surface area contributed by atoms with E-state index in [1.165, 1.54) is 0 Å². The van der Waals surface area contributed by atoms with Gasteiger partial charge in [-0.1, -0.05) is 90.5 Å². The molecule has 2 atom stereocenters. The molecule has 4 aromatic carbocycles. The highest BCUT2D eigenvalue weighted by Gasteiger charge is 2.79. The monoisotopic (exact) mass is 624 g/mol. The molecule has 0 aromatic heterocycles. The zero-order valence-corrected chi connectivity index (χ0v) is 23.0. The number of ketones is 4. The summed E-state index contributed by atoms with van der Waals surface area (Å²) in [4.78, 5) is 58.0. The third-order valence-corrected chi connectivity index (χ3v) is 9.14. The third-order valence-electron chi connectivity index (χ3n) is 8.42. The van der Waals surface area contributed by atoms with Gasteiger partial charge in [0, 0.05) is 25.8 Å². The molecule has 6 heteroatoms. The quantitative estimate of drug-likeness (QED) is 0.192. The Balaban J connectivity index is 1.59. The summed E-state index contributed by atoms with van der Waals surface area (Å²) in [5, 5.41) is 0. The molecule has 2 aliphatic carbocycles. The molecule has 0 N–H and O–H groups in total. The fraction of sp³-hybridized carbons (Fsp3) is 0.152. The van der Waals surface area contributed by atoms with Crippen LogP contribution in [0.4, 0.5) is 0 Å². The molecule has 2 spiro atoms. The Bertz CT molecular complexity index is 1660. The summed E-state index contributed by atoms with van der Waals surface area (Å²) in [5.74, 6) is -3.06. The number of carbonyl (C=O) groups excluding carboxylic acids is 4. The zero-order chi connectivity index (χ0) is 27.1. The average molecular weight is 624 g/mol. The molecular formula is C33H21IO5. The van der Waals surface area contributed by atoms with E-state index in [1.807, 2.05) is 43.3 Å². The van der Waals surface area contributed by atoms with Crippen molar-refractivity contribution >= 4 is 45.7 Å². The second-order valence-electron chi connectivity index (χ2n) is 10.4. The lowest BCUT2D eigenvalue weighted by molar-refractivity contribution is -0.0210. The van der Waals surface area contributed by atoms with Crippen molar-refractivity contribution in [2.24, 2.45) is 5.41 Å². The largest absolute Gasteiger partial charge is 0.348 e. The van der Waals surface area contributed by atoms with Crippen LogP contribution in [0, 0.1) is 15.9 Å². The van der Waals surface area contributed by atoms with Crippen LogP contribution < -0.4 is 0 Å². The van der Waals surface area contributed by atoms with E-state index in [4.69, 9.17) is 4.74 Å². The van der Waals surface area contributed by atoms with E-state index in [1.54, 1.807) is 60.7 Å². The highest BCUT2D eigenvalue weighted by atomic mass is 127. The van der Waals surface area contributed by atoms with Gasteiger partial charge in [-0.3, -0.25) is 19.2 Å². The van der Waals surface area contributed by atoms with Crippen molar-refractivity contribution in [2.75, 3.05) is 0 Å². The summed E-state index contributed by atoms with van der Waals surface area (Å²) in [7, 11) is 0. The number of halogens is 1. The summed E-state index contributed by atoms with van der Waals surface area (Å²) in [5.41, 5.74) is -0.771. The number of aryl methyl sites for hydroxylation is 1. The maximum Gasteiger partial charge on any atom is 0.204 e. The van der Waals surface area contributed by atoms with E-state index >= 15 is 0 Å². The molecule has 1 fully saturated rings. The molecule has 4 aromatic rings. The molecule has 0 amide bonds. The number of ether oxygens (including phenoxy) is 1. The maximum atomic E-state index is 14.6. The smallest absolute Gasteiger partial charge is 0.204 e. The Morgan fingerprint density at radius 1 is 0.590 bits per heavy atom. The molecule has 0 bridgehead atoms. The van der Waals surface area contributed by atoms with Crippen molar-refractivity contribution < 1.29 is 23.9 Å². The van der Waals surface area contributed by atoms with Gasteiger partial charge in [-0.25, -0.2) is 0 Å². The van der Waals surface area contributed by atoms with E-state index in [0.717, 1.165) is 9.13 Å². The van der Waals surface area contributed by atoms with Gasteiger partial charge >= 0.3 is 0 Å². The van der Waals surface area contributed by atoms with Gasteiger partial charge in [-0.05, 0) is 52.8 Å². The van der Waals surface area contributed by atoms with Crippen molar-refractivity contribution in [3.05, 3.63) is 140 Å². The minimum Gasteiger partial charge on any atom is -0.348 e. The van der Waals surface area contributed by atoms with Gasteiger partial charge in [0.05, 0.1) is 5.92 Å². The Kier molecular flexibility index (Phi) is 5.22. The normalized spacial score (nSPS) is 22.1. The second kappa shape index (κ2) is 8.37. The van der Waals surface area contributed by atoms with Crippen LogP contribution in [0.25, 0.3) is 0 Å². The molecule has 0 unspecified atom stereocenters. The lowest BCUT2D eigenvalue weighted by atomic mass is 9.60. The van der Waals surface area contributed by atoms with E-state index < -0.39 is 46.2 Å². The van der Waals surface area contributed by atoms with Gasteiger partial charge in [0.15, 0.2) is 11.6 Å². The minimum absolute atomic E-state index is 0.244. The first-order valence-corrected chi connectivity index (χ1v) is 13.8. The van der Waals surface area contributed by atoms with Crippen LogP contribution >= 0.6 is 22.6 Å². The van der Waals surface area contributed by atoms with Crippen LogP contribution in [-0.4, -0.2) is 28.7 Å². The van der Waals surface area contributed by atoms with Gasteiger partial charge in [0.1, 0.15) is 11.5 Å². The van der Waals surface area contributed by atoms with Crippen molar-refractivity contribution in [3.63, 3.8) is 0 Å². The molecule has 190 valence electrons. The molecule has 3 aliphatic rings. The molecular weight excluding hydrogens is 603 g/mol. The van der Waals surface area contributed by atoms with Crippen LogP contribution in [0.5, 0.6) is 0 Å². The first kappa shape index (κ1) is 24.3. The third kappa shape index (κ3) is 2.98. The van der Waals surface area contributed by atoms with Crippen LogP contribution in [-0.2, 0) is 4.74 Å². The predicted octanol–water partition coefficient (Wildman–Crippen LogP) is 6.34. The predicted molar refractivity (Wildman–Crippen MR) is 152 cm³/mol. The number of Topliss-reactive ketones (excluding diaryl/α,β-unsaturated/α-hetero) is 4. The summed E-state index contributed by atoms with van der Waals surface area (Å²) in [6.45, 7) is 1.94.